The Morgan fingerprint density at radius 1 is 1.21 bits per heavy atom. The van der Waals surface area contributed by atoms with Crippen molar-refractivity contribution < 1.29 is 14.3 Å². The molecule has 0 saturated carbocycles. The summed E-state index contributed by atoms with van der Waals surface area (Å²) in [4.78, 5) is 34.8. The maximum atomic E-state index is 12.3. The van der Waals surface area contributed by atoms with Gasteiger partial charge >= 0.3 is 6.09 Å². The Morgan fingerprint density at radius 2 is 1.96 bits per heavy atom. The predicted octanol–water partition coefficient (Wildman–Crippen LogP) is 2.77. The topological polar surface area (TPSA) is 66.0 Å². The maximum Gasteiger partial charge on any atom is 0.410 e. The van der Waals surface area contributed by atoms with Crippen molar-refractivity contribution in [3.05, 3.63) is 24.4 Å². The van der Waals surface area contributed by atoms with Crippen LogP contribution in [-0.4, -0.2) is 71.7 Å². The van der Waals surface area contributed by atoms with E-state index < -0.39 is 5.60 Å². The minimum absolute atomic E-state index is 0.168. The molecule has 0 aliphatic carbocycles. The molecule has 3 rings (SSSR count). The van der Waals surface area contributed by atoms with Crippen molar-refractivity contribution >= 4 is 17.8 Å². The van der Waals surface area contributed by atoms with Gasteiger partial charge in [0, 0.05) is 45.3 Å². The Hall–Kier alpha value is -2.15. The number of aromatic nitrogens is 1. The second-order valence-corrected chi connectivity index (χ2v) is 8.69. The first-order valence-corrected chi connectivity index (χ1v) is 10.2. The lowest BCUT2D eigenvalue weighted by atomic mass is 9.94. The first kappa shape index (κ1) is 20.6. The van der Waals surface area contributed by atoms with Crippen LogP contribution in [0.1, 0.15) is 40.0 Å². The zero-order chi connectivity index (χ0) is 20.1. The van der Waals surface area contributed by atoms with Gasteiger partial charge in [-0.25, -0.2) is 9.78 Å². The third-order valence-corrected chi connectivity index (χ3v) is 5.31. The van der Waals surface area contributed by atoms with Crippen LogP contribution in [0.4, 0.5) is 10.6 Å². The molecule has 1 aromatic heterocycles. The van der Waals surface area contributed by atoms with Gasteiger partial charge in [0.25, 0.3) is 0 Å². The average molecular weight is 389 g/mol. The van der Waals surface area contributed by atoms with Gasteiger partial charge in [-0.1, -0.05) is 6.07 Å². The van der Waals surface area contributed by atoms with Gasteiger partial charge in [-0.2, -0.15) is 0 Å². The number of ether oxygens (including phenoxy) is 1. The highest BCUT2D eigenvalue weighted by atomic mass is 16.6. The number of piperidine rings is 1. The average Bonchev–Trinajstić information content (AvgIpc) is 2.67. The lowest BCUT2D eigenvalue weighted by molar-refractivity contribution is -0.120. The molecule has 1 atom stereocenters. The quantitative estimate of drug-likeness (QED) is 0.793. The molecule has 2 saturated heterocycles. The van der Waals surface area contributed by atoms with Crippen molar-refractivity contribution in [1.82, 2.24) is 14.8 Å². The summed E-state index contributed by atoms with van der Waals surface area (Å²) in [6, 6.07) is 5.69. The van der Waals surface area contributed by atoms with Gasteiger partial charge in [-0.05, 0) is 58.2 Å². The second-order valence-electron chi connectivity index (χ2n) is 8.69. The van der Waals surface area contributed by atoms with Crippen LogP contribution in [0.3, 0.4) is 0 Å². The molecule has 28 heavy (non-hydrogen) atoms. The molecule has 3 heterocycles. The second kappa shape index (κ2) is 8.90. The van der Waals surface area contributed by atoms with Crippen molar-refractivity contribution in [1.29, 1.82) is 0 Å². The van der Waals surface area contributed by atoms with Gasteiger partial charge in [-0.3, -0.25) is 14.6 Å². The zero-order valence-corrected chi connectivity index (χ0v) is 17.3. The minimum Gasteiger partial charge on any atom is -0.444 e. The van der Waals surface area contributed by atoms with Crippen LogP contribution in [0, 0.1) is 5.92 Å². The number of amides is 2. The van der Waals surface area contributed by atoms with E-state index in [0.717, 1.165) is 44.8 Å². The standard InChI is InChI=1S/C21H32N4O3/c1-21(2,3)28-20(27)24-14-12-23(13-15-24)11-9-17-7-8-19(26)25(16-17)18-6-4-5-10-22-18/h4-6,10,17H,7-9,11-16H2,1-3H3. The highest BCUT2D eigenvalue weighted by Gasteiger charge is 2.29. The smallest absolute Gasteiger partial charge is 0.410 e. The SMILES string of the molecule is CC(C)(C)OC(=O)N1CCN(CCC2CCC(=O)N(c3ccccn3)C2)CC1. The predicted molar refractivity (Wildman–Crippen MR) is 108 cm³/mol. The summed E-state index contributed by atoms with van der Waals surface area (Å²) >= 11 is 0. The third-order valence-electron chi connectivity index (χ3n) is 5.31. The lowest BCUT2D eigenvalue weighted by Crippen LogP contribution is -2.50. The van der Waals surface area contributed by atoms with E-state index in [1.807, 2.05) is 43.9 Å². The van der Waals surface area contributed by atoms with Crippen molar-refractivity contribution in [3.63, 3.8) is 0 Å². The number of nitrogens with zero attached hydrogens (tertiary/aromatic N) is 4. The van der Waals surface area contributed by atoms with Gasteiger partial charge in [0.15, 0.2) is 0 Å². The normalized spacial score (nSPS) is 21.7. The van der Waals surface area contributed by atoms with Gasteiger partial charge in [-0.15, -0.1) is 0 Å². The molecule has 1 unspecified atom stereocenters. The molecule has 1 aromatic rings. The van der Waals surface area contributed by atoms with Gasteiger partial charge in [0.05, 0.1) is 0 Å². The maximum absolute atomic E-state index is 12.3. The van der Waals surface area contributed by atoms with E-state index in [0.29, 0.717) is 25.4 Å². The zero-order valence-electron chi connectivity index (χ0n) is 17.3. The van der Waals surface area contributed by atoms with Crippen LogP contribution in [-0.2, 0) is 9.53 Å². The molecule has 0 N–H and O–H groups in total. The van der Waals surface area contributed by atoms with Crippen LogP contribution in [0.2, 0.25) is 0 Å². The highest BCUT2D eigenvalue weighted by molar-refractivity contribution is 5.93. The van der Waals surface area contributed by atoms with Gasteiger partial charge in [0.1, 0.15) is 11.4 Å². The van der Waals surface area contributed by atoms with E-state index in [-0.39, 0.29) is 12.0 Å². The Kier molecular flexibility index (Phi) is 6.54. The number of carbonyl (C=O) groups is 2. The summed E-state index contributed by atoms with van der Waals surface area (Å²) < 4.78 is 5.46. The fraction of sp³-hybridized carbons (Fsp3) is 0.667. The van der Waals surface area contributed by atoms with E-state index >= 15 is 0 Å². The summed E-state index contributed by atoms with van der Waals surface area (Å²) in [5.74, 6) is 1.41. The van der Waals surface area contributed by atoms with E-state index in [1.54, 1.807) is 11.1 Å². The summed E-state index contributed by atoms with van der Waals surface area (Å²) in [7, 11) is 0. The van der Waals surface area contributed by atoms with Crippen LogP contribution in [0.15, 0.2) is 24.4 Å². The molecule has 2 fully saturated rings. The highest BCUT2D eigenvalue weighted by Crippen LogP contribution is 2.25. The fourth-order valence-corrected chi connectivity index (χ4v) is 3.73. The van der Waals surface area contributed by atoms with E-state index in [9.17, 15) is 9.59 Å². The number of carbonyl (C=O) groups excluding carboxylic acids is 2. The summed E-state index contributed by atoms with van der Waals surface area (Å²) in [6.07, 6.45) is 4.11. The summed E-state index contributed by atoms with van der Waals surface area (Å²) in [5.41, 5.74) is -0.452. The molecule has 0 bridgehead atoms. The van der Waals surface area contributed by atoms with E-state index in [2.05, 4.69) is 9.88 Å². The Balaban J connectivity index is 1.43. The molecule has 2 amide bonds. The molecule has 2 aliphatic heterocycles. The molecule has 7 heteroatoms. The molecule has 7 nitrogen and oxygen atoms in total. The van der Waals surface area contributed by atoms with Crippen LogP contribution < -0.4 is 4.90 Å². The number of rotatable bonds is 4. The van der Waals surface area contributed by atoms with Gasteiger partial charge < -0.3 is 9.64 Å². The van der Waals surface area contributed by atoms with Crippen LogP contribution >= 0.6 is 0 Å². The van der Waals surface area contributed by atoms with Crippen molar-refractivity contribution in [3.8, 4) is 0 Å². The van der Waals surface area contributed by atoms with Crippen molar-refractivity contribution in [2.24, 2.45) is 5.92 Å². The van der Waals surface area contributed by atoms with Crippen LogP contribution in [0.25, 0.3) is 0 Å². The molecule has 0 spiro atoms. The molecule has 0 radical (unpaired) electrons. The number of pyridine rings is 1. The first-order valence-electron chi connectivity index (χ1n) is 10.2. The van der Waals surface area contributed by atoms with Crippen molar-refractivity contribution in [2.75, 3.05) is 44.2 Å². The lowest BCUT2D eigenvalue weighted by Gasteiger charge is -2.37. The number of hydrogen-bond donors (Lipinski definition) is 0. The molecular weight excluding hydrogens is 356 g/mol. The first-order chi connectivity index (χ1) is 13.3. The summed E-state index contributed by atoms with van der Waals surface area (Å²) in [6.45, 7) is 10.6. The fourth-order valence-electron chi connectivity index (χ4n) is 3.73. The number of hydrogen-bond acceptors (Lipinski definition) is 5. The van der Waals surface area contributed by atoms with Crippen LogP contribution in [0.5, 0.6) is 0 Å². The molecular formula is C21H32N4O3. The molecule has 0 aromatic carbocycles. The van der Waals surface area contributed by atoms with Gasteiger partial charge in [0.2, 0.25) is 5.91 Å². The minimum atomic E-state index is -0.452. The molecule has 2 aliphatic rings. The van der Waals surface area contributed by atoms with E-state index in [4.69, 9.17) is 4.74 Å². The Morgan fingerprint density at radius 3 is 2.61 bits per heavy atom. The summed E-state index contributed by atoms with van der Waals surface area (Å²) in [5, 5.41) is 0. The monoisotopic (exact) mass is 388 g/mol. The number of anilines is 1. The van der Waals surface area contributed by atoms with Crippen molar-refractivity contribution in [2.45, 2.75) is 45.6 Å². The Labute approximate surface area is 167 Å². The Bertz CT molecular complexity index is 666. The third kappa shape index (κ3) is 5.67. The molecule has 154 valence electrons. The largest absolute Gasteiger partial charge is 0.444 e. The number of piperazine rings is 1. The van der Waals surface area contributed by atoms with E-state index in [1.165, 1.54) is 0 Å².